The molecule has 0 spiro atoms. The fourth-order valence-electron chi connectivity index (χ4n) is 2.55. The van der Waals surface area contributed by atoms with Crippen LogP contribution in [0.4, 0.5) is 0 Å². The van der Waals surface area contributed by atoms with Crippen LogP contribution in [-0.2, 0) is 4.79 Å². The largest absolute Gasteiger partial charge is 0.341 e. The molecule has 1 aliphatic heterocycles. The summed E-state index contributed by atoms with van der Waals surface area (Å²) in [7, 11) is 0. The summed E-state index contributed by atoms with van der Waals surface area (Å²) in [5.74, 6) is 0.0613. The van der Waals surface area contributed by atoms with E-state index in [2.05, 4.69) is 0 Å². The average Bonchev–Trinajstić information content (AvgIpc) is 3.06. The second kappa shape index (κ2) is 4.81. The van der Waals surface area contributed by atoms with Crippen LogP contribution in [0, 0.1) is 0 Å². The normalized spacial score (nSPS) is 17.0. The van der Waals surface area contributed by atoms with Crippen molar-refractivity contribution in [1.82, 2.24) is 8.86 Å². The lowest BCUT2D eigenvalue weighted by atomic mass is 10.2. The van der Waals surface area contributed by atoms with Gasteiger partial charge in [0, 0.05) is 13.1 Å². The highest BCUT2D eigenvalue weighted by Crippen LogP contribution is 2.21. The molecular formula is C14H16N2O2S. The lowest BCUT2D eigenvalue weighted by Crippen LogP contribution is -2.35. The molecule has 1 unspecified atom stereocenters. The molecule has 0 saturated carbocycles. The Morgan fingerprint density at radius 1 is 1.26 bits per heavy atom. The highest BCUT2D eigenvalue weighted by Gasteiger charge is 2.26. The van der Waals surface area contributed by atoms with Gasteiger partial charge in [0.1, 0.15) is 6.04 Å². The topological polar surface area (TPSA) is 42.3 Å². The average molecular weight is 276 g/mol. The van der Waals surface area contributed by atoms with E-state index in [1.807, 2.05) is 36.1 Å². The number of rotatable bonds is 2. The standard InChI is InChI=1S/C14H16N2O2S/c1-10(13(17)15-8-4-5-9-15)16-14(18)11-6-2-3-7-12(11)19-16/h2-3,6-7,10H,4-5,8-9H2,1H3. The maximum absolute atomic E-state index is 12.3. The summed E-state index contributed by atoms with van der Waals surface area (Å²) in [6.45, 7) is 3.46. The lowest BCUT2D eigenvalue weighted by Gasteiger charge is -2.20. The second-order valence-electron chi connectivity index (χ2n) is 4.93. The summed E-state index contributed by atoms with van der Waals surface area (Å²) in [6.07, 6.45) is 2.14. The molecule has 0 radical (unpaired) electrons. The van der Waals surface area contributed by atoms with E-state index in [0.717, 1.165) is 30.6 Å². The number of nitrogens with zero attached hydrogens (tertiary/aromatic N) is 2. The van der Waals surface area contributed by atoms with Crippen LogP contribution >= 0.6 is 11.5 Å². The number of aromatic nitrogens is 1. The van der Waals surface area contributed by atoms with E-state index in [-0.39, 0.29) is 11.5 Å². The molecule has 1 aromatic carbocycles. The minimum absolute atomic E-state index is 0.0550. The molecule has 19 heavy (non-hydrogen) atoms. The van der Waals surface area contributed by atoms with Crippen molar-refractivity contribution < 1.29 is 4.79 Å². The summed E-state index contributed by atoms with van der Waals surface area (Å²) in [5.41, 5.74) is -0.0550. The summed E-state index contributed by atoms with van der Waals surface area (Å²) in [6, 6.07) is 7.11. The molecule has 0 N–H and O–H groups in total. The first-order valence-corrected chi connectivity index (χ1v) is 7.35. The van der Waals surface area contributed by atoms with Gasteiger partial charge < -0.3 is 4.90 Å². The second-order valence-corrected chi connectivity index (χ2v) is 5.94. The van der Waals surface area contributed by atoms with Gasteiger partial charge in [-0.05, 0) is 31.9 Å². The highest BCUT2D eigenvalue weighted by atomic mass is 32.1. The zero-order valence-electron chi connectivity index (χ0n) is 10.8. The first-order chi connectivity index (χ1) is 9.18. The van der Waals surface area contributed by atoms with Crippen LogP contribution in [0.25, 0.3) is 10.1 Å². The van der Waals surface area contributed by atoms with Crippen LogP contribution in [0.2, 0.25) is 0 Å². The first kappa shape index (κ1) is 12.4. The van der Waals surface area contributed by atoms with Crippen molar-refractivity contribution in [2.24, 2.45) is 0 Å². The molecule has 1 amide bonds. The lowest BCUT2D eigenvalue weighted by molar-refractivity contribution is -0.133. The minimum Gasteiger partial charge on any atom is -0.341 e. The van der Waals surface area contributed by atoms with Gasteiger partial charge in [-0.2, -0.15) is 0 Å². The van der Waals surface area contributed by atoms with Gasteiger partial charge in [-0.15, -0.1) is 0 Å². The molecule has 4 nitrogen and oxygen atoms in total. The van der Waals surface area contributed by atoms with Gasteiger partial charge in [0.15, 0.2) is 0 Å². The molecular weight excluding hydrogens is 260 g/mol. The predicted molar refractivity (Wildman–Crippen MR) is 76.6 cm³/mol. The highest BCUT2D eigenvalue weighted by molar-refractivity contribution is 7.13. The monoisotopic (exact) mass is 276 g/mol. The molecule has 5 heteroatoms. The zero-order chi connectivity index (χ0) is 13.4. The van der Waals surface area contributed by atoms with E-state index in [4.69, 9.17) is 0 Å². The number of likely N-dealkylation sites (tertiary alicyclic amines) is 1. The molecule has 0 bridgehead atoms. The molecule has 2 heterocycles. The third-order valence-corrected chi connectivity index (χ3v) is 4.87. The van der Waals surface area contributed by atoms with Crippen molar-refractivity contribution >= 4 is 27.5 Å². The van der Waals surface area contributed by atoms with Crippen LogP contribution in [0.1, 0.15) is 25.8 Å². The fourth-order valence-corrected chi connectivity index (χ4v) is 3.58. The zero-order valence-corrected chi connectivity index (χ0v) is 11.7. The Morgan fingerprint density at radius 2 is 1.95 bits per heavy atom. The van der Waals surface area contributed by atoms with Gasteiger partial charge in [0.25, 0.3) is 5.56 Å². The number of carbonyl (C=O) groups excluding carboxylic acids is 1. The molecule has 2 aromatic rings. The Balaban J connectivity index is 1.97. The summed E-state index contributed by atoms with van der Waals surface area (Å²) >= 11 is 1.38. The maximum Gasteiger partial charge on any atom is 0.269 e. The van der Waals surface area contributed by atoms with E-state index >= 15 is 0 Å². The smallest absolute Gasteiger partial charge is 0.269 e. The van der Waals surface area contributed by atoms with Crippen molar-refractivity contribution in [3.8, 4) is 0 Å². The Morgan fingerprint density at radius 3 is 2.63 bits per heavy atom. The number of carbonyl (C=O) groups is 1. The Labute approximate surface area is 115 Å². The van der Waals surface area contributed by atoms with Gasteiger partial charge in [-0.3, -0.25) is 13.5 Å². The number of fused-ring (bicyclic) bond motifs is 1. The molecule has 100 valence electrons. The molecule has 1 atom stereocenters. The first-order valence-electron chi connectivity index (χ1n) is 6.58. The SMILES string of the molecule is CC(C(=O)N1CCCC1)n1sc2ccccc2c1=O. The number of amides is 1. The summed E-state index contributed by atoms with van der Waals surface area (Å²) in [4.78, 5) is 26.5. The van der Waals surface area contributed by atoms with E-state index in [1.165, 1.54) is 11.5 Å². The fraction of sp³-hybridized carbons (Fsp3) is 0.429. The predicted octanol–water partition coefficient (Wildman–Crippen LogP) is 2.25. The van der Waals surface area contributed by atoms with E-state index in [1.54, 1.807) is 3.96 Å². The van der Waals surface area contributed by atoms with E-state index < -0.39 is 6.04 Å². The Hall–Kier alpha value is -1.62. The molecule has 0 aliphatic carbocycles. The van der Waals surface area contributed by atoms with Gasteiger partial charge >= 0.3 is 0 Å². The van der Waals surface area contributed by atoms with Crippen LogP contribution in [-0.4, -0.2) is 27.9 Å². The van der Waals surface area contributed by atoms with Crippen molar-refractivity contribution in [2.45, 2.75) is 25.8 Å². The summed E-state index contributed by atoms with van der Waals surface area (Å²) in [5, 5.41) is 0.702. The molecule has 1 fully saturated rings. The van der Waals surface area contributed by atoms with Crippen molar-refractivity contribution in [2.75, 3.05) is 13.1 Å². The Kier molecular flexibility index (Phi) is 3.14. The van der Waals surface area contributed by atoms with Crippen molar-refractivity contribution in [3.63, 3.8) is 0 Å². The molecule has 1 aromatic heterocycles. The van der Waals surface area contributed by atoms with Crippen LogP contribution < -0.4 is 5.56 Å². The van der Waals surface area contributed by atoms with Crippen molar-refractivity contribution in [3.05, 3.63) is 34.6 Å². The van der Waals surface area contributed by atoms with Gasteiger partial charge in [0.2, 0.25) is 5.91 Å². The van der Waals surface area contributed by atoms with Gasteiger partial charge in [-0.1, -0.05) is 23.7 Å². The van der Waals surface area contributed by atoms with Gasteiger partial charge in [-0.25, -0.2) is 0 Å². The molecule has 3 rings (SSSR count). The van der Waals surface area contributed by atoms with Crippen LogP contribution in [0.5, 0.6) is 0 Å². The number of hydrogen-bond donors (Lipinski definition) is 0. The summed E-state index contributed by atoms with van der Waals surface area (Å²) < 4.78 is 2.54. The quantitative estimate of drug-likeness (QED) is 0.844. The van der Waals surface area contributed by atoms with Crippen LogP contribution in [0.15, 0.2) is 29.1 Å². The van der Waals surface area contributed by atoms with Crippen molar-refractivity contribution in [1.29, 1.82) is 0 Å². The number of benzene rings is 1. The number of hydrogen-bond acceptors (Lipinski definition) is 3. The van der Waals surface area contributed by atoms with E-state index in [0.29, 0.717) is 5.39 Å². The maximum atomic E-state index is 12.3. The van der Waals surface area contributed by atoms with Gasteiger partial charge in [0.05, 0.1) is 10.1 Å². The Bertz CT molecular complexity index is 667. The van der Waals surface area contributed by atoms with Crippen LogP contribution in [0.3, 0.4) is 0 Å². The minimum atomic E-state index is -0.400. The molecule has 1 aliphatic rings. The molecule has 1 saturated heterocycles. The van der Waals surface area contributed by atoms with E-state index in [9.17, 15) is 9.59 Å². The third kappa shape index (κ3) is 2.08. The third-order valence-electron chi connectivity index (χ3n) is 3.64.